The number of nitriles is 1. The van der Waals surface area contributed by atoms with Gasteiger partial charge in [-0.3, -0.25) is 14.3 Å². The number of benzene rings is 3. The van der Waals surface area contributed by atoms with Crippen LogP contribution >= 0.6 is 8.25 Å². The van der Waals surface area contributed by atoms with Gasteiger partial charge in [-0.05, 0) is 59.1 Å². The van der Waals surface area contributed by atoms with Crippen LogP contribution in [-0.4, -0.2) is 63.6 Å². The van der Waals surface area contributed by atoms with Crippen molar-refractivity contribution in [3.63, 3.8) is 0 Å². The fourth-order valence-corrected chi connectivity index (χ4v) is 8.08. The molecule has 15 heteroatoms. The molecule has 1 aromatic heterocycles. The van der Waals surface area contributed by atoms with E-state index in [2.05, 4.69) is 25.8 Å². The van der Waals surface area contributed by atoms with Gasteiger partial charge >= 0.3 is 13.9 Å². The smallest absolute Gasteiger partial charge is 0.497 e. The van der Waals surface area contributed by atoms with E-state index in [9.17, 15) is 14.2 Å². The summed E-state index contributed by atoms with van der Waals surface area (Å²) in [6.45, 7) is 9.99. The minimum atomic E-state index is -2.78. The number of hydrogen-bond donors (Lipinski definition) is 1. The van der Waals surface area contributed by atoms with Crippen LogP contribution in [0.2, 0.25) is 18.1 Å². The molecular formula is C39H47N3O10PSi+. The van der Waals surface area contributed by atoms with Crippen molar-refractivity contribution in [2.75, 3.05) is 27.4 Å². The SMILES string of the molecule is COc1ccc(C(OC[C@H]2O[C@@H](n3ccc(=O)[nH]c3=O)[C@H](O[Si](C)(C)C(C)(C)C)[C@@H]2O[P+](=O)OCCC#N)(c2ccccc2)c2ccc(OC)cc2)cc1. The number of hydrogen-bond acceptors (Lipinski definition) is 11. The number of aromatic amines is 1. The van der Waals surface area contributed by atoms with Gasteiger partial charge in [-0.25, -0.2) is 4.79 Å². The van der Waals surface area contributed by atoms with E-state index in [0.29, 0.717) is 11.5 Å². The van der Waals surface area contributed by atoms with Crippen LogP contribution in [0.4, 0.5) is 0 Å². The molecule has 13 nitrogen and oxygen atoms in total. The van der Waals surface area contributed by atoms with Crippen molar-refractivity contribution in [1.82, 2.24) is 9.55 Å². The largest absolute Gasteiger partial charge is 0.697 e. The molecule has 1 aliphatic rings. The van der Waals surface area contributed by atoms with Crippen LogP contribution in [0.15, 0.2) is 101 Å². The summed E-state index contributed by atoms with van der Waals surface area (Å²) in [5, 5.41) is 8.77. The molecule has 1 N–H and O–H groups in total. The molecule has 1 unspecified atom stereocenters. The second-order valence-corrected chi connectivity index (χ2v) is 19.9. The van der Waals surface area contributed by atoms with E-state index in [1.807, 2.05) is 98.0 Å². The molecule has 5 rings (SSSR count). The summed E-state index contributed by atoms with van der Waals surface area (Å²) in [5.74, 6) is 1.31. The number of nitrogens with one attached hydrogen (secondary N) is 1. The van der Waals surface area contributed by atoms with Crippen molar-refractivity contribution in [3.8, 4) is 17.6 Å². The van der Waals surface area contributed by atoms with Gasteiger partial charge in [0.15, 0.2) is 20.6 Å². The molecule has 0 radical (unpaired) electrons. The summed E-state index contributed by atoms with van der Waals surface area (Å²) in [6, 6.07) is 27.9. The van der Waals surface area contributed by atoms with Crippen LogP contribution in [-0.2, 0) is 33.1 Å². The number of ether oxygens (including phenoxy) is 4. The second kappa shape index (κ2) is 17.3. The Labute approximate surface area is 316 Å². The Morgan fingerprint density at radius 1 is 0.870 bits per heavy atom. The maximum Gasteiger partial charge on any atom is 0.697 e. The van der Waals surface area contributed by atoms with Gasteiger partial charge in [-0.15, -0.1) is 9.05 Å². The first-order chi connectivity index (χ1) is 25.7. The van der Waals surface area contributed by atoms with Crippen LogP contribution < -0.4 is 20.7 Å². The number of H-pyrrole nitrogens is 1. The third-order valence-electron chi connectivity index (χ3n) is 9.90. The lowest BCUT2D eigenvalue weighted by molar-refractivity contribution is -0.0939. The Bertz CT molecular complexity index is 1980. The maximum absolute atomic E-state index is 13.4. The highest BCUT2D eigenvalue weighted by atomic mass is 31.1. The highest BCUT2D eigenvalue weighted by molar-refractivity contribution is 7.33. The predicted octanol–water partition coefficient (Wildman–Crippen LogP) is 6.82. The van der Waals surface area contributed by atoms with Gasteiger partial charge in [-0.1, -0.05) is 75.4 Å². The highest BCUT2D eigenvalue weighted by Gasteiger charge is 2.56. The standard InChI is InChI=1S/C39H46N3O10PSi/c1-38(2,3)54(6,7)52-35-34(51-53(45)49-25-11-23-40)32(50-36(35)42-24-22-33(43)41-37(42)44)26-48-39(27-12-9-8-10-13-27,28-14-18-30(46-4)19-15-28)29-16-20-31(47-5)21-17-29/h8-10,12-22,24,32,34-36H,11,25-26H2,1-7H3/p+1/t32-,34-,35-,36-/m1/s1. The van der Waals surface area contributed by atoms with E-state index < -0.39 is 58.0 Å². The molecule has 5 atom stereocenters. The van der Waals surface area contributed by atoms with Crippen LogP contribution in [0.1, 0.15) is 50.1 Å². The minimum Gasteiger partial charge on any atom is -0.497 e. The average Bonchev–Trinajstić information content (AvgIpc) is 3.47. The topological polar surface area (TPSA) is 160 Å². The Hall–Kier alpha value is -4.45. The molecule has 0 bridgehead atoms. The summed E-state index contributed by atoms with van der Waals surface area (Å²) in [7, 11) is -2.24. The monoisotopic (exact) mass is 776 g/mol. The molecule has 0 spiro atoms. The fraction of sp³-hybridized carbons (Fsp3) is 0.410. The van der Waals surface area contributed by atoms with E-state index in [0.717, 1.165) is 16.7 Å². The number of rotatable bonds is 16. The molecule has 1 aliphatic heterocycles. The van der Waals surface area contributed by atoms with E-state index in [1.165, 1.54) is 16.8 Å². The molecule has 2 heterocycles. The van der Waals surface area contributed by atoms with E-state index in [-0.39, 0.29) is 24.7 Å². The molecule has 3 aromatic carbocycles. The Morgan fingerprint density at radius 2 is 1.44 bits per heavy atom. The molecule has 54 heavy (non-hydrogen) atoms. The lowest BCUT2D eigenvalue weighted by atomic mass is 9.80. The van der Waals surface area contributed by atoms with Crippen molar-refractivity contribution < 1.29 is 37.0 Å². The van der Waals surface area contributed by atoms with Crippen molar-refractivity contribution in [3.05, 3.63) is 129 Å². The van der Waals surface area contributed by atoms with Crippen molar-refractivity contribution in [1.29, 1.82) is 5.26 Å². The molecule has 1 fully saturated rings. The average molecular weight is 777 g/mol. The number of aromatic nitrogens is 2. The molecule has 1 saturated heterocycles. The normalized spacial score (nSPS) is 19.3. The quantitative estimate of drug-likeness (QED) is 0.0550. The third kappa shape index (κ3) is 8.91. The van der Waals surface area contributed by atoms with Gasteiger partial charge in [0.1, 0.15) is 35.9 Å². The molecule has 0 aliphatic carbocycles. The highest BCUT2D eigenvalue weighted by Crippen LogP contribution is 2.47. The third-order valence-corrected chi connectivity index (χ3v) is 15.2. The van der Waals surface area contributed by atoms with Crippen LogP contribution in [0, 0.1) is 11.3 Å². The maximum atomic E-state index is 13.4. The zero-order chi connectivity index (χ0) is 39.1. The zero-order valence-corrected chi connectivity index (χ0v) is 33.4. The first-order valence-corrected chi connectivity index (χ1v) is 21.5. The first-order valence-electron chi connectivity index (χ1n) is 17.5. The predicted molar refractivity (Wildman–Crippen MR) is 204 cm³/mol. The molecule has 286 valence electrons. The molecule has 4 aromatic rings. The molecular weight excluding hydrogens is 729 g/mol. The van der Waals surface area contributed by atoms with E-state index in [1.54, 1.807) is 14.2 Å². The first kappa shape index (κ1) is 40.7. The summed E-state index contributed by atoms with van der Waals surface area (Å²) in [5.41, 5.74) is -0.218. The Morgan fingerprint density at radius 3 is 1.96 bits per heavy atom. The lowest BCUT2D eigenvalue weighted by Gasteiger charge is -2.40. The minimum absolute atomic E-state index is 0.000746. The zero-order valence-electron chi connectivity index (χ0n) is 31.5. The van der Waals surface area contributed by atoms with Gasteiger partial charge in [0.2, 0.25) is 0 Å². The van der Waals surface area contributed by atoms with Crippen molar-refractivity contribution >= 4 is 16.6 Å². The fourth-order valence-electron chi connectivity index (χ4n) is 6.04. The van der Waals surface area contributed by atoms with Crippen molar-refractivity contribution in [2.24, 2.45) is 0 Å². The number of methoxy groups -OCH3 is 2. The summed E-state index contributed by atoms with van der Waals surface area (Å²) >= 11 is 0. The second-order valence-electron chi connectivity index (χ2n) is 14.3. The van der Waals surface area contributed by atoms with Gasteiger partial charge in [0.25, 0.3) is 5.56 Å². The Kier molecular flexibility index (Phi) is 13.1. The summed E-state index contributed by atoms with van der Waals surface area (Å²) < 4.78 is 57.9. The van der Waals surface area contributed by atoms with Crippen molar-refractivity contribution in [2.45, 2.75) is 75.5 Å². The van der Waals surface area contributed by atoms with Crippen LogP contribution in [0.5, 0.6) is 11.5 Å². The van der Waals surface area contributed by atoms with Crippen LogP contribution in [0.3, 0.4) is 0 Å². The molecule has 0 saturated carbocycles. The summed E-state index contributed by atoms with van der Waals surface area (Å²) in [6.07, 6.45) is -2.90. The van der Waals surface area contributed by atoms with Gasteiger partial charge < -0.3 is 23.4 Å². The lowest BCUT2D eigenvalue weighted by Crippen LogP contribution is -2.50. The van der Waals surface area contributed by atoms with E-state index >= 15 is 0 Å². The number of nitrogens with zero attached hydrogens (tertiary/aromatic N) is 2. The van der Waals surface area contributed by atoms with Gasteiger partial charge in [0, 0.05) is 16.8 Å². The Balaban J connectivity index is 1.66. The molecule has 0 amide bonds. The van der Waals surface area contributed by atoms with Gasteiger partial charge in [0.05, 0.1) is 33.3 Å². The van der Waals surface area contributed by atoms with Gasteiger partial charge in [-0.2, -0.15) is 5.26 Å². The summed E-state index contributed by atoms with van der Waals surface area (Å²) in [4.78, 5) is 27.7. The van der Waals surface area contributed by atoms with E-state index in [4.69, 9.17) is 37.7 Å². The van der Waals surface area contributed by atoms with Crippen LogP contribution in [0.25, 0.3) is 0 Å².